The minimum atomic E-state index is -3.12. The van der Waals surface area contributed by atoms with Crippen molar-refractivity contribution in [2.24, 2.45) is 0 Å². The van der Waals surface area contributed by atoms with Crippen molar-refractivity contribution in [2.45, 2.75) is 11.4 Å². The zero-order valence-corrected chi connectivity index (χ0v) is 10.8. The first-order valence-corrected chi connectivity index (χ1v) is 7.39. The molecule has 2 rings (SSSR count). The molecule has 0 unspecified atom stereocenters. The van der Waals surface area contributed by atoms with Gasteiger partial charge in [-0.3, -0.25) is 0 Å². The first-order valence-electron chi connectivity index (χ1n) is 5.49. The number of nitrogens with one attached hydrogen (secondary N) is 1. The van der Waals surface area contributed by atoms with Crippen LogP contribution in [0.2, 0.25) is 0 Å². The van der Waals surface area contributed by atoms with Crippen LogP contribution in [-0.2, 0) is 16.4 Å². The van der Waals surface area contributed by atoms with Gasteiger partial charge in [0, 0.05) is 19.0 Å². The predicted molar refractivity (Wildman–Crippen MR) is 71.1 cm³/mol. The van der Waals surface area contributed by atoms with Crippen LogP contribution in [0, 0.1) is 0 Å². The van der Waals surface area contributed by atoms with E-state index in [0.717, 1.165) is 11.4 Å². The number of sulfone groups is 1. The van der Waals surface area contributed by atoms with E-state index in [9.17, 15) is 8.42 Å². The van der Waals surface area contributed by atoms with Crippen LogP contribution in [0.25, 0.3) is 0 Å². The molecule has 1 aromatic heterocycles. The van der Waals surface area contributed by atoms with Gasteiger partial charge in [0.1, 0.15) is 5.82 Å². The molecule has 0 saturated carbocycles. The Morgan fingerprint density at radius 2 is 1.83 bits per heavy atom. The van der Waals surface area contributed by atoms with Gasteiger partial charge in [0.25, 0.3) is 0 Å². The Bertz CT molecular complexity index is 607. The maximum atomic E-state index is 11.3. The summed E-state index contributed by atoms with van der Waals surface area (Å²) in [5.74, 6) is 0.796. The molecule has 0 aliphatic rings. The molecule has 0 spiro atoms. The molecule has 0 amide bonds. The highest BCUT2D eigenvalue weighted by atomic mass is 32.2. The highest BCUT2D eigenvalue weighted by molar-refractivity contribution is 7.90. The Hall–Kier alpha value is -1.88. The van der Waals surface area contributed by atoms with E-state index in [4.69, 9.17) is 0 Å². The quantitative estimate of drug-likeness (QED) is 0.916. The third-order valence-electron chi connectivity index (χ3n) is 2.49. The lowest BCUT2D eigenvalue weighted by Crippen LogP contribution is -2.02. The number of hydrogen-bond donors (Lipinski definition) is 1. The van der Waals surface area contributed by atoms with Crippen molar-refractivity contribution in [3.63, 3.8) is 0 Å². The number of pyridine rings is 1. The van der Waals surface area contributed by atoms with Crippen LogP contribution in [0.4, 0.5) is 5.82 Å². The number of hydrogen-bond acceptors (Lipinski definition) is 4. The Labute approximate surface area is 107 Å². The Morgan fingerprint density at radius 3 is 2.39 bits per heavy atom. The highest BCUT2D eigenvalue weighted by Gasteiger charge is 2.05. The van der Waals surface area contributed by atoms with Crippen LogP contribution in [0.3, 0.4) is 0 Å². The molecule has 18 heavy (non-hydrogen) atoms. The molecule has 0 aliphatic carbocycles. The van der Waals surface area contributed by atoms with Gasteiger partial charge in [-0.1, -0.05) is 18.2 Å². The second-order valence-electron chi connectivity index (χ2n) is 3.98. The number of rotatable bonds is 4. The molecule has 5 heteroatoms. The van der Waals surface area contributed by atoms with E-state index < -0.39 is 9.84 Å². The first-order chi connectivity index (χ1) is 8.55. The normalized spacial score (nSPS) is 11.2. The van der Waals surface area contributed by atoms with Crippen molar-refractivity contribution in [1.29, 1.82) is 0 Å². The molecule has 2 aromatic rings. The van der Waals surface area contributed by atoms with Gasteiger partial charge < -0.3 is 5.32 Å². The number of anilines is 1. The molecule has 0 radical (unpaired) electrons. The van der Waals surface area contributed by atoms with E-state index in [0.29, 0.717) is 11.4 Å². The van der Waals surface area contributed by atoms with Crippen LogP contribution < -0.4 is 5.32 Å². The molecule has 1 aromatic carbocycles. The SMILES string of the molecule is CS(=O)(=O)c1ccc(CNc2ccccn2)cc1. The molecular weight excluding hydrogens is 248 g/mol. The summed E-state index contributed by atoms with van der Waals surface area (Å²) in [6.45, 7) is 0.612. The van der Waals surface area contributed by atoms with E-state index in [2.05, 4.69) is 10.3 Å². The Kier molecular flexibility index (Phi) is 3.62. The fraction of sp³-hybridized carbons (Fsp3) is 0.154. The average Bonchev–Trinajstić information content (AvgIpc) is 2.37. The molecule has 0 atom stereocenters. The molecule has 94 valence electrons. The van der Waals surface area contributed by atoms with Crippen LogP contribution in [0.1, 0.15) is 5.56 Å². The number of benzene rings is 1. The largest absolute Gasteiger partial charge is 0.366 e. The van der Waals surface area contributed by atoms with E-state index in [1.807, 2.05) is 18.2 Å². The summed E-state index contributed by atoms with van der Waals surface area (Å²) in [5.41, 5.74) is 1.01. The summed E-state index contributed by atoms with van der Waals surface area (Å²) in [5, 5.41) is 3.16. The van der Waals surface area contributed by atoms with Crippen LogP contribution >= 0.6 is 0 Å². The minimum Gasteiger partial charge on any atom is -0.366 e. The Morgan fingerprint density at radius 1 is 1.11 bits per heavy atom. The number of nitrogens with zero attached hydrogens (tertiary/aromatic N) is 1. The van der Waals surface area contributed by atoms with Crippen LogP contribution in [-0.4, -0.2) is 19.7 Å². The van der Waals surface area contributed by atoms with Gasteiger partial charge in [-0.2, -0.15) is 0 Å². The molecule has 0 saturated heterocycles. The van der Waals surface area contributed by atoms with Gasteiger partial charge >= 0.3 is 0 Å². The second-order valence-corrected chi connectivity index (χ2v) is 6.00. The topological polar surface area (TPSA) is 59.1 Å². The Balaban J connectivity index is 2.03. The smallest absolute Gasteiger partial charge is 0.175 e. The van der Waals surface area contributed by atoms with Gasteiger partial charge in [0.05, 0.1) is 4.90 Å². The molecule has 1 N–H and O–H groups in total. The molecule has 1 heterocycles. The summed E-state index contributed by atoms with van der Waals surface area (Å²) >= 11 is 0. The van der Waals surface area contributed by atoms with Gasteiger partial charge in [-0.15, -0.1) is 0 Å². The van der Waals surface area contributed by atoms with Crippen molar-refractivity contribution in [3.05, 3.63) is 54.2 Å². The molecule has 0 bridgehead atoms. The van der Waals surface area contributed by atoms with E-state index in [-0.39, 0.29) is 0 Å². The maximum Gasteiger partial charge on any atom is 0.175 e. The minimum absolute atomic E-state index is 0.337. The number of aromatic nitrogens is 1. The third kappa shape index (κ3) is 3.30. The van der Waals surface area contributed by atoms with E-state index >= 15 is 0 Å². The third-order valence-corrected chi connectivity index (χ3v) is 3.62. The summed E-state index contributed by atoms with van der Waals surface area (Å²) in [4.78, 5) is 4.48. The van der Waals surface area contributed by atoms with Crippen molar-refractivity contribution in [3.8, 4) is 0 Å². The summed E-state index contributed by atoms with van der Waals surface area (Å²) in [7, 11) is -3.12. The van der Waals surface area contributed by atoms with Crippen LogP contribution in [0.15, 0.2) is 53.6 Å². The fourth-order valence-corrected chi connectivity index (χ4v) is 2.14. The maximum absolute atomic E-state index is 11.3. The van der Waals surface area contributed by atoms with Crippen molar-refractivity contribution < 1.29 is 8.42 Å². The standard InChI is InChI=1S/C13H14N2O2S/c1-18(16,17)12-7-5-11(6-8-12)10-15-13-4-2-3-9-14-13/h2-9H,10H2,1H3,(H,14,15). The summed E-state index contributed by atoms with van der Waals surface area (Å²) in [6, 6.07) is 12.5. The highest BCUT2D eigenvalue weighted by Crippen LogP contribution is 2.11. The lowest BCUT2D eigenvalue weighted by atomic mass is 10.2. The van der Waals surface area contributed by atoms with Gasteiger partial charge in [0.15, 0.2) is 9.84 Å². The zero-order chi connectivity index (χ0) is 13.0. The predicted octanol–water partition coefficient (Wildman–Crippen LogP) is 2.10. The molecule has 4 nitrogen and oxygen atoms in total. The summed E-state index contributed by atoms with van der Waals surface area (Å²) < 4.78 is 22.6. The van der Waals surface area contributed by atoms with Crippen molar-refractivity contribution in [2.75, 3.05) is 11.6 Å². The molecule has 0 aliphatic heterocycles. The van der Waals surface area contributed by atoms with E-state index in [1.54, 1.807) is 30.5 Å². The lowest BCUT2D eigenvalue weighted by molar-refractivity contribution is 0.602. The van der Waals surface area contributed by atoms with E-state index in [1.165, 1.54) is 6.26 Å². The van der Waals surface area contributed by atoms with Crippen molar-refractivity contribution >= 4 is 15.7 Å². The summed E-state index contributed by atoms with van der Waals surface area (Å²) in [6.07, 6.45) is 2.92. The zero-order valence-electron chi connectivity index (χ0n) is 10.00. The van der Waals surface area contributed by atoms with Gasteiger partial charge in [-0.05, 0) is 29.8 Å². The molecule has 0 fully saturated rings. The fourth-order valence-electron chi connectivity index (χ4n) is 1.51. The van der Waals surface area contributed by atoms with Crippen LogP contribution in [0.5, 0.6) is 0 Å². The van der Waals surface area contributed by atoms with Gasteiger partial charge in [0.2, 0.25) is 0 Å². The first kappa shape index (κ1) is 12.6. The molecular formula is C13H14N2O2S. The average molecular weight is 262 g/mol. The van der Waals surface area contributed by atoms with Crippen molar-refractivity contribution in [1.82, 2.24) is 4.98 Å². The lowest BCUT2D eigenvalue weighted by Gasteiger charge is -2.06. The second kappa shape index (κ2) is 5.18. The van der Waals surface area contributed by atoms with Gasteiger partial charge in [-0.25, -0.2) is 13.4 Å². The monoisotopic (exact) mass is 262 g/mol.